The molecule has 0 bridgehead atoms. The van der Waals surface area contributed by atoms with Crippen LogP contribution >= 0.6 is 0 Å². The summed E-state index contributed by atoms with van der Waals surface area (Å²) in [6.07, 6.45) is 0. The summed E-state index contributed by atoms with van der Waals surface area (Å²) in [6.45, 7) is 4.39. The third kappa shape index (κ3) is 3.29. The molecule has 0 aliphatic carbocycles. The first-order valence-electron chi connectivity index (χ1n) is 3.34. The van der Waals surface area contributed by atoms with E-state index >= 15 is 0 Å². The molecule has 1 atom stereocenters. The number of nitrogens with two attached hydrogens (primary N) is 2. The van der Waals surface area contributed by atoms with Crippen LogP contribution in [-0.2, 0) is 0 Å². The fourth-order valence-electron chi connectivity index (χ4n) is 0.680. The van der Waals surface area contributed by atoms with Crippen LogP contribution in [0.1, 0.15) is 13.8 Å². The first-order chi connectivity index (χ1) is 4.57. The van der Waals surface area contributed by atoms with E-state index in [0.29, 0.717) is 12.5 Å². The van der Waals surface area contributed by atoms with Crippen molar-refractivity contribution in [2.75, 3.05) is 6.54 Å². The van der Waals surface area contributed by atoms with Gasteiger partial charge in [-0.25, -0.2) is 4.79 Å². The van der Waals surface area contributed by atoms with Crippen molar-refractivity contribution in [1.29, 1.82) is 0 Å². The molecule has 0 aliphatic heterocycles. The van der Waals surface area contributed by atoms with Crippen molar-refractivity contribution in [3.63, 3.8) is 0 Å². The molecule has 4 heteroatoms. The smallest absolute Gasteiger partial charge is 0.312 e. The minimum atomic E-state index is -0.510. The minimum Gasteiger partial charge on any atom is -0.352 e. The van der Waals surface area contributed by atoms with Crippen LogP contribution in [0.3, 0.4) is 0 Å². The van der Waals surface area contributed by atoms with Crippen molar-refractivity contribution in [3.8, 4) is 0 Å². The summed E-state index contributed by atoms with van der Waals surface area (Å²) < 4.78 is 0. The highest BCUT2D eigenvalue weighted by Gasteiger charge is 2.11. The summed E-state index contributed by atoms with van der Waals surface area (Å²) in [4.78, 5) is 10.3. The lowest BCUT2D eigenvalue weighted by atomic mass is 10.1. The number of urea groups is 1. The average molecular weight is 145 g/mol. The number of primary amides is 1. The van der Waals surface area contributed by atoms with Gasteiger partial charge in [-0.3, -0.25) is 0 Å². The Morgan fingerprint density at radius 2 is 2.10 bits per heavy atom. The van der Waals surface area contributed by atoms with E-state index in [1.807, 2.05) is 13.8 Å². The van der Waals surface area contributed by atoms with E-state index in [2.05, 4.69) is 5.32 Å². The number of amides is 2. The number of hydrogen-bond acceptors (Lipinski definition) is 2. The van der Waals surface area contributed by atoms with Gasteiger partial charge in [-0.2, -0.15) is 0 Å². The maximum Gasteiger partial charge on any atom is 0.312 e. The summed E-state index contributed by atoms with van der Waals surface area (Å²) in [5, 5.41) is 2.54. The monoisotopic (exact) mass is 145 g/mol. The summed E-state index contributed by atoms with van der Waals surface area (Å²) in [6, 6.07) is -0.512. The van der Waals surface area contributed by atoms with Gasteiger partial charge in [0.25, 0.3) is 0 Å². The van der Waals surface area contributed by atoms with Gasteiger partial charge < -0.3 is 16.8 Å². The van der Waals surface area contributed by atoms with E-state index in [0.717, 1.165) is 0 Å². The average Bonchev–Trinajstić information content (AvgIpc) is 1.81. The largest absolute Gasteiger partial charge is 0.352 e. The number of carbonyl (C=O) groups is 1. The molecule has 0 aromatic heterocycles. The molecule has 1 unspecified atom stereocenters. The quantitative estimate of drug-likeness (QED) is 0.507. The van der Waals surface area contributed by atoms with Gasteiger partial charge in [0.1, 0.15) is 0 Å². The number of carbonyl (C=O) groups excluding carboxylic acids is 1. The van der Waals surface area contributed by atoms with Crippen LogP contribution in [0.4, 0.5) is 4.79 Å². The van der Waals surface area contributed by atoms with Crippen LogP contribution in [0.15, 0.2) is 0 Å². The Kier molecular flexibility index (Phi) is 3.79. The molecule has 5 N–H and O–H groups in total. The van der Waals surface area contributed by atoms with Gasteiger partial charge in [0.15, 0.2) is 0 Å². The fraction of sp³-hybridized carbons (Fsp3) is 0.833. The lowest BCUT2D eigenvalue weighted by Gasteiger charge is -2.18. The fourth-order valence-corrected chi connectivity index (χ4v) is 0.680. The van der Waals surface area contributed by atoms with Crippen molar-refractivity contribution in [3.05, 3.63) is 0 Å². The van der Waals surface area contributed by atoms with Gasteiger partial charge in [-0.1, -0.05) is 13.8 Å². The molecular weight excluding hydrogens is 130 g/mol. The molecule has 4 nitrogen and oxygen atoms in total. The zero-order valence-corrected chi connectivity index (χ0v) is 6.42. The van der Waals surface area contributed by atoms with E-state index in [1.54, 1.807) is 0 Å². The highest BCUT2D eigenvalue weighted by atomic mass is 16.2. The minimum absolute atomic E-state index is 0.00231. The number of rotatable bonds is 3. The molecule has 0 fully saturated rings. The molecule has 60 valence electrons. The van der Waals surface area contributed by atoms with Crippen LogP contribution in [0.25, 0.3) is 0 Å². The van der Waals surface area contributed by atoms with Crippen molar-refractivity contribution in [2.45, 2.75) is 19.9 Å². The third-order valence-electron chi connectivity index (χ3n) is 1.39. The topological polar surface area (TPSA) is 81.1 Å². The van der Waals surface area contributed by atoms with E-state index in [9.17, 15) is 4.79 Å². The van der Waals surface area contributed by atoms with Gasteiger partial charge >= 0.3 is 6.03 Å². The van der Waals surface area contributed by atoms with Crippen LogP contribution in [-0.4, -0.2) is 18.6 Å². The van der Waals surface area contributed by atoms with Crippen LogP contribution < -0.4 is 16.8 Å². The van der Waals surface area contributed by atoms with Crippen molar-refractivity contribution in [1.82, 2.24) is 5.32 Å². The summed E-state index contributed by atoms with van der Waals surface area (Å²) >= 11 is 0. The molecule has 0 spiro atoms. The van der Waals surface area contributed by atoms with E-state index in [4.69, 9.17) is 11.5 Å². The Bertz CT molecular complexity index is 114. The van der Waals surface area contributed by atoms with Gasteiger partial charge in [-0.15, -0.1) is 0 Å². The SMILES string of the molecule is CC(C)C(CN)NC(N)=O. The summed E-state index contributed by atoms with van der Waals surface area (Å²) in [5.41, 5.74) is 10.3. The Morgan fingerprint density at radius 3 is 2.20 bits per heavy atom. The van der Waals surface area contributed by atoms with E-state index in [1.165, 1.54) is 0 Å². The highest BCUT2D eigenvalue weighted by Crippen LogP contribution is 1.97. The normalized spacial score (nSPS) is 13.2. The van der Waals surface area contributed by atoms with E-state index < -0.39 is 6.03 Å². The zero-order valence-electron chi connectivity index (χ0n) is 6.42. The zero-order chi connectivity index (χ0) is 8.15. The van der Waals surface area contributed by atoms with Gasteiger partial charge in [0, 0.05) is 12.6 Å². The van der Waals surface area contributed by atoms with Crippen molar-refractivity contribution in [2.24, 2.45) is 17.4 Å². The second kappa shape index (κ2) is 4.11. The van der Waals surface area contributed by atoms with Crippen molar-refractivity contribution < 1.29 is 4.79 Å². The molecule has 0 saturated carbocycles. The number of hydrogen-bond donors (Lipinski definition) is 3. The van der Waals surface area contributed by atoms with Gasteiger partial charge in [0.2, 0.25) is 0 Å². The molecule has 0 aromatic rings. The maximum atomic E-state index is 10.3. The lowest BCUT2D eigenvalue weighted by molar-refractivity contribution is 0.241. The Morgan fingerprint density at radius 1 is 1.60 bits per heavy atom. The predicted molar refractivity (Wildman–Crippen MR) is 40.4 cm³/mol. The highest BCUT2D eigenvalue weighted by molar-refractivity contribution is 5.72. The lowest BCUT2D eigenvalue weighted by Crippen LogP contribution is -2.46. The predicted octanol–water partition coefficient (Wildman–Crippen LogP) is -0.362. The van der Waals surface area contributed by atoms with Crippen LogP contribution in [0, 0.1) is 5.92 Å². The van der Waals surface area contributed by atoms with Gasteiger partial charge in [0.05, 0.1) is 0 Å². The Hall–Kier alpha value is -0.770. The molecular formula is C6H15N3O. The van der Waals surface area contributed by atoms with Crippen LogP contribution in [0.5, 0.6) is 0 Å². The molecule has 0 heterocycles. The van der Waals surface area contributed by atoms with Crippen molar-refractivity contribution >= 4 is 6.03 Å². The van der Waals surface area contributed by atoms with E-state index in [-0.39, 0.29) is 6.04 Å². The summed E-state index contributed by atoms with van der Waals surface area (Å²) in [5.74, 6) is 0.331. The molecule has 10 heavy (non-hydrogen) atoms. The molecule has 0 radical (unpaired) electrons. The molecule has 0 aliphatic rings. The first kappa shape index (κ1) is 9.23. The molecule has 0 rings (SSSR count). The molecule has 0 aromatic carbocycles. The standard InChI is InChI=1S/C6H15N3O/c1-4(2)5(3-7)9-6(8)10/h4-5H,3,7H2,1-2H3,(H3,8,9,10). The second-order valence-electron chi connectivity index (χ2n) is 2.59. The summed E-state index contributed by atoms with van der Waals surface area (Å²) in [7, 11) is 0. The Balaban J connectivity index is 3.71. The second-order valence-corrected chi connectivity index (χ2v) is 2.59. The third-order valence-corrected chi connectivity index (χ3v) is 1.39. The number of nitrogens with one attached hydrogen (secondary N) is 1. The first-order valence-corrected chi connectivity index (χ1v) is 3.34. The van der Waals surface area contributed by atoms with Gasteiger partial charge in [-0.05, 0) is 5.92 Å². The van der Waals surface area contributed by atoms with Crippen LogP contribution in [0.2, 0.25) is 0 Å². The maximum absolute atomic E-state index is 10.3. The Labute approximate surface area is 61.0 Å². The molecule has 2 amide bonds. The molecule has 0 saturated heterocycles.